The molecular weight excluding hydrogens is 494 g/mol. The molecule has 0 radical (unpaired) electrons. The molecular formula is C32H35NO6. The number of hydrogen-bond donors (Lipinski definition) is 1. The van der Waals surface area contributed by atoms with Gasteiger partial charge in [0.25, 0.3) is 5.91 Å². The zero-order valence-electron chi connectivity index (χ0n) is 22.3. The van der Waals surface area contributed by atoms with Gasteiger partial charge in [-0.25, -0.2) is 4.79 Å². The minimum absolute atomic E-state index is 0.00612. The molecule has 1 saturated carbocycles. The number of methoxy groups -OCH3 is 1. The third kappa shape index (κ3) is 6.09. The highest BCUT2D eigenvalue weighted by Crippen LogP contribution is 2.40. The first kappa shape index (κ1) is 26.8. The molecule has 1 amide bonds. The van der Waals surface area contributed by atoms with Gasteiger partial charge in [-0.1, -0.05) is 79.6 Å². The molecule has 1 heterocycles. The fourth-order valence-electron chi connectivity index (χ4n) is 5.58. The Hall–Kier alpha value is -3.84. The molecule has 1 aliphatic carbocycles. The van der Waals surface area contributed by atoms with E-state index in [2.05, 4.69) is 0 Å². The van der Waals surface area contributed by atoms with Crippen LogP contribution in [0.4, 0.5) is 0 Å². The molecule has 39 heavy (non-hydrogen) atoms. The van der Waals surface area contributed by atoms with E-state index in [1.807, 2.05) is 72.8 Å². The van der Waals surface area contributed by atoms with Crippen LogP contribution < -0.4 is 9.47 Å². The first-order valence-corrected chi connectivity index (χ1v) is 13.6. The lowest BCUT2D eigenvalue weighted by atomic mass is 9.91. The quantitative estimate of drug-likeness (QED) is 0.381. The largest absolute Gasteiger partial charge is 0.493 e. The minimum atomic E-state index is -1.06. The highest BCUT2D eigenvalue weighted by molar-refractivity contribution is 5.88. The predicted octanol–water partition coefficient (Wildman–Crippen LogP) is 5.36. The van der Waals surface area contributed by atoms with Crippen molar-refractivity contribution < 1.29 is 28.9 Å². The zero-order chi connectivity index (χ0) is 27.2. The van der Waals surface area contributed by atoms with Crippen LogP contribution in [0.5, 0.6) is 11.5 Å². The summed E-state index contributed by atoms with van der Waals surface area (Å²) in [7, 11) is 1.57. The van der Waals surface area contributed by atoms with E-state index in [0.29, 0.717) is 24.5 Å². The summed E-state index contributed by atoms with van der Waals surface area (Å²) in [5.41, 5.74) is 3.51. The van der Waals surface area contributed by atoms with E-state index in [1.54, 1.807) is 7.11 Å². The van der Waals surface area contributed by atoms with Crippen LogP contribution in [0.25, 0.3) is 0 Å². The van der Waals surface area contributed by atoms with Crippen molar-refractivity contribution >= 4 is 11.9 Å². The van der Waals surface area contributed by atoms with Crippen molar-refractivity contribution in [2.75, 3.05) is 13.7 Å². The van der Waals surface area contributed by atoms with Crippen LogP contribution in [-0.2, 0) is 33.7 Å². The Labute approximate surface area is 229 Å². The Morgan fingerprint density at radius 3 is 2.33 bits per heavy atom. The van der Waals surface area contributed by atoms with Crippen molar-refractivity contribution in [3.63, 3.8) is 0 Å². The van der Waals surface area contributed by atoms with Crippen LogP contribution in [-0.4, -0.2) is 47.7 Å². The van der Waals surface area contributed by atoms with Crippen LogP contribution in [0.3, 0.4) is 0 Å². The summed E-state index contributed by atoms with van der Waals surface area (Å²) in [4.78, 5) is 28.0. The average Bonchev–Trinajstić information content (AvgIpc) is 3.49. The molecule has 2 atom stereocenters. The Kier molecular flexibility index (Phi) is 8.47. The highest BCUT2D eigenvalue weighted by atomic mass is 16.5. The molecule has 2 aliphatic rings. The second-order valence-electron chi connectivity index (χ2n) is 10.2. The number of benzene rings is 3. The lowest BCUT2D eigenvalue weighted by Gasteiger charge is -2.37. The first-order chi connectivity index (χ1) is 19.0. The van der Waals surface area contributed by atoms with E-state index >= 15 is 0 Å². The average molecular weight is 530 g/mol. The van der Waals surface area contributed by atoms with E-state index in [-0.39, 0.29) is 25.0 Å². The molecule has 7 heteroatoms. The molecule has 1 aliphatic heterocycles. The number of carboxylic acids is 1. The number of ether oxygens (including phenoxy) is 3. The number of carbonyl (C=O) groups is 2. The zero-order valence-corrected chi connectivity index (χ0v) is 22.3. The molecule has 1 N–H and O–H groups in total. The van der Waals surface area contributed by atoms with Gasteiger partial charge >= 0.3 is 5.97 Å². The monoisotopic (exact) mass is 529 g/mol. The number of fused-ring (bicyclic) bond motifs is 1. The molecule has 5 rings (SSSR count). The topological polar surface area (TPSA) is 85.3 Å². The summed E-state index contributed by atoms with van der Waals surface area (Å²) in [5, 5.41) is 10.3. The van der Waals surface area contributed by atoms with Crippen molar-refractivity contribution in [1.29, 1.82) is 0 Å². The molecule has 3 aromatic carbocycles. The molecule has 0 aromatic heterocycles. The first-order valence-electron chi connectivity index (χ1n) is 13.6. The van der Waals surface area contributed by atoms with E-state index in [1.165, 1.54) is 4.90 Å². The molecule has 0 spiro atoms. The Balaban J connectivity index is 1.42. The maximum Gasteiger partial charge on any atom is 0.326 e. The van der Waals surface area contributed by atoms with Crippen LogP contribution in [0.1, 0.15) is 54.0 Å². The minimum Gasteiger partial charge on any atom is -0.493 e. The standard InChI is InChI=1S/C32H35NO6/c1-37-28-17-16-24-21-33(31(34)29(23-12-6-3-7-13-23)39-25-14-8-9-15-25)27(32(35)36)20-26(24)30(28)38-19-18-22-10-4-2-5-11-22/h2-7,10-13,16-17,25,27,29H,8-9,14-15,18-21H2,1H3,(H,35,36). The summed E-state index contributed by atoms with van der Waals surface area (Å²) < 4.78 is 18.2. The van der Waals surface area contributed by atoms with Crippen LogP contribution in [0, 0.1) is 0 Å². The summed E-state index contributed by atoms with van der Waals surface area (Å²) >= 11 is 0. The van der Waals surface area contributed by atoms with Gasteiger partial charge in [0.1, 0.15) is 6.04 Å². The van der Waals surface area contributed by atoms with Crippen LogP contribution in [0.15, 0.2) is 72.8 Å². The second kappa shape index (κ2) is 12.3. The van der Waals surface area contributed by atoms with Gasteiger partial charge in [-0.2, -0.15) is 0 Å². The second-order valence-corrected chi connectivity index (χ2v) is 10.2. The normalized spacial score (nSPS) is 17.9. The third-order valence-corrected chi connectivity index (χ3v) is 7.66. The molecule has 1 fully saturated rings. The van der Waals surface area contributed by atoms with Gasteiger partial charge in [-0.05, 0) is 35.6 Å². The Morgan fingerprint density at radius 2 is 1.67 bits per heavy atom. The third-order valence-electron chi connectivity index (χ3n) is 7.66. The van der Waals surface area contributed by atoms with Crippen molar-refractivity contribution in [3.05, 3.63) is 95.1 Å². The van der Waals surface area contributed by atoms with Gasteiger partial charge in [0.2, 0.25) is 0 Å². The van der Waals surface area contributed by atoms with Crippen molar-refractivity contribution in [2.45, 2.75) is 63.3 Å². The Bertz CT molecular complexity index is 1270. The van der Waals surface area contributed by atoms with Gasteiger partial charge in [0.05, 0.1) is 19.8 Å². The Morgan fingerprint density at radius 1 is 0.974 bits per heavy atom. The number of amides is 1. The van der Waals surface area contributed by atoms with Gasteiger partial charge in [-0.15, -0.1) is 0 Å². The number of aliphatic carboxylic acids is 1. The summed E-state index contributed by atoms with van der Waals surface area (Å²) in [6.07, 6.45) is 3.94. The van der Waals surface area contributed by atoms with Gasteiger partial charge < -0.3 is 24.2 Å². The summed E-state index contributed by atoms with van der Waals surface area (Å²) in [6, 6.07) is 22.1. The fourth-order valence-corrected chi connectivity index (χ4v) is 5.58. The van der Waals surface area contributed by atoms with E-state index < -0.39 is 18.1 Å². The maximum absolute atomic E-state index is 14.0. The highest BCUT2D eigenvalue weighted by Gasteiger charge is 2.40. The summed E-state index contributed by atoms with van der Waals surface area (Å²) in [6.45, 7) is 0.573. The number of nitrogens with zero attached hydrogens (tertiary/aromatic N) is 1. The van der Waals surface area contributed by atoms with E-state index in [9.17, 15) is 14.7 Å². The van der Waals surface area contributed by atoms with Crippen molar-refractivity contribution in [1.82, 2.24) is 4.90 Å². The lowest BCUT2D eigenvalue weighted by molar-refractivity contribution is -0.160. The molecule has 204 valence electrons. The fraction of sp³-hybridized carbons (Fsp3) is 0.375. The number of carboxylic acid groups (broad SMARTS) is 1. The summed E-state index contributed by atoms with van der Waals surface area (Å²) in [5.74, 6) is -0.281. The van der Waals surface area contributed by atoms with E-state index in [0.717, 1.165) is 47.9 Å². The molecule has 3 aromatic rings. The smallest absolute Gasteiger partial charge is 0.326 e. The van der Waals surface area contributed by atoms with Gasteiger partial charge in [0.15, 0.2) is 17.6 Å². The molecule has 7 nitrogen and oxygen atoms in total. The molecule has 0 saturated heterocycles. The predicted molar refractivity (Wildman–Crippen MR) is 147 cm³/mol. The van der Waals surface area contributed by atoms with Crippen LogP contribution in [0.2, 0.25) is 0 Å². The van der Waals surface area contributed by atoms with Crippen molar-refractivity contribution in [2.24, 2.45) is 0 Å². The van der Waals surface area contributed by atoms with Crippen molar-refractivity contribution in [3.8, 4) is 11.5 Å². The van der Waals surface area contributed by atoms with E-state index in [4.69, 9.17) is 14.2 Å². The number of hydrogen-bond acceptors (Lipinski definition) is 5. The lowest BCUT2D eigenvalue weighted by Crippen LogP contribution is -2.50. The van der Waals surface area contributed by atoms with Gasteiger partial charge in [-0.3, -0.25) is 4.79 Å². The van der Waals surface area contributed by atoms with Gasteiger partial charge in [0, 0.05) is 24.9 Å². The maximum atomic E-state index is 14.0. The van der Waals surface area contributed by atoms with Crippen LogP contribution >= 0.6 is 0 Å². The number of rotatable bonds is 10. The molecule has 0 bridgehead atoms. The SMILES string of the molecule is COc1ccc2c(c1OCCc1ccccc1)CC(C(=O)O)N(C(=O)C(OC1CCCC1)c1ccccc1)C2. The molecule has 2 unspecified atom stereocenters. The number of carbonyl (C=O) groups excluding carboxylic acids is 1.